The Morgan fingerprint density at radius 2 is 1.51 bits per heavy atom. The highest BCUT2D eigenvalue weighted by molar-refractivity contribution is 5.76. The molecule has 5 nitrogen and oxygen atoms in total. The third-order valence-electron chi connectivity index (χ3n) is 6.88. The maximum atomic E-state index is 13.5. The molecule has 0 spiro atoms. The summed E-state index contributed by atoms with van der Waals surface area (Å²) in [5.74, 6) is -1.87. The van der Waals surface area contributed by atoms with Crippen LogP contribution in [0.1, 0.15) is 42.4 Å². The van der Waals surface area contributed by atoms with Crippen LogP contribution in [-0.4, -0.2) is 36.5 Å². The smallest absolute Gasteiger partial charge is 0.408 e. The number of halogens is 2. The van der Waals surface area contributed by atoms with Gasteiger partial charge in [-0.1, -0.05) is 66.7 Å². The largest absolute Gasteiger partial charge is 0.438 e. The molecule has 1 saturated heterocycles. The van der Waals surface area contributed by atoms with Gasteiger partial charge in [-0.2, -0.15) is 0 Å². The zero-order valence-corrected chi connectivity index (χ0v) is 20.8. The molecule has 7 heteroatoms. The Bertz CT molecular complexity index is 1180. The number of benzene rings is 3. The number of alkyl carbamates (subject to hydrolysis) is 1. The van der Waals surface area contributed by atoms with Gasteiger partial charge in [0.15, 0.2) is 11.6 Å². The fraction of sp³-hybridized carbons (Fsp3) is 0.333. The number of rotatable bonds is 9. The van der Waals surface area contributed by atoms with Crippen LogP contribution in [0.15, 0.2) is 78.9 Å². The van der Waals surface area contributed by atoms with Crippen LogP contribution in [0.3, 0.4) is 0 Å². The van der Waals surface area contributed by atoms with Crippen molar-refractivity contribution in [3.05, 3.63) is 107 Å². The van der Waals surface area contributed by atoms with Crippen molar-refractivity contribution in [2.75, 3.05) is 19.6 Å². The molecule has 0 saturated carbocycles. The van der Waals surface area contributed by atoms with Gasteiger partial charge >= 0.3 is 6.09 Å². The van der Waals surface area contributed by atoms with Crippen LogP contribution in [0.25, 0.3) is 0 Å². The second-order valence-corrected chi connectivity index (χ2v) is 9.40. The van der Waals surface area contributed by atoms with E-state index in [-0.39, 0.29) is 12.3 Å². The summed E-state index contributed by atoms with van der Waals surface area (Å²) in [4.78, 5) is 27.3. The molecule has 2 amide bonds. The van der Waals surface area contributed by atoms with Crippen LogP contribution in [0.4, 0.5) is 13.6 Å². The average Bonchev–Trinajstić information content (AvgIpc) is 2.93. The first-order chi connectivity index (χ1) is 17.9. The first-order valence-corrected chi connectivity index (χ1v) is 12.7. The molecule has 1 heterocycles. The lowest BCUT2D eigenvalue weighted by molar-refractivity contribution is -0.135. The van der Waals surface area contributed by atoms with Gasteiger partial charge in [-0.25, -0.2) is 13.6 Å². The zero-order chi connectivity index (χ0) is 26.1. The molecule has 4 rings (SSSR count). The molecule has 37 heavy (non-hydrogen) atoms. The van der Waals surface area contributed by atoms with Gasteiger partial charge in [0, 0.05) is 38.9 Å². The molecule has 1 aliphatic heterocycles. The van der Waals surface area contributed by atoms with Crippen LogP contribution in [-0.2, 0) is 28.0 Å². The second-order valence-electron chi connectivity index (χ2n) is 9.40. The highest BCUT2D eigenvalue weighted by Crippen LogP contribution is 2.37. The van der Waals surface area contributed by atoms with Crippen molar-refractivity contribution in [3.63, 3.8) is 0 Å². The molecule has 0 radical (unpaired) electrons. The summed E-state index contributed by atoms with van der Waals surface area (Å²) in [7, 11) is 0. The van der Waals surface area contributed by atoms with Crippen molar-refractivity contribution >= 4 is 12.0 Å². The summed E-state index contributed by atoms with van der Waals surface area (Å²) in [5, 5.41) is 2.88. The Morgan fingerprint density at radius 1 is 0.838 bits per heavy atom. The van der Waals surface area contributed by atoms with E-state index >= 15 is 0 Å². The molecule has 0 aromatic heterocycles. The number of carbonyl (C=O) groups is 2. The van der Waals surface area contributed by atoms with Gasteiger partial charge in [0.1, 0.15) is 5.60 Å². The van der Waals surface area contributed by atoms with Crippen LogP contribution in [0.2, 0.25) is 0 Å². The summed E-state index contributed by atoms with van der Waals surface area (Å²) >= 11 is 0. The number of nitrogens with zero attached hydrogens (tertiary/aromatic N) is 1. The lowest BCUT2D eigenvalue weighted by Crippen LogP contribution is -2.48. The molecular weight excluding hydrogens is 474 g/mol. The zero-order valence-electron chi connectivity index (χ0n) is 20.8. The lowest BCUT2D eigenvalue weighted by atomic mass is 9.84. The molecular formula is C30H32F2N2O3. The molecule has 1 fully saturated rings. The summed E-state index contributed by atoms with van der Waals surface area (Å²) in [6.45, 7) is 1.38. The molecule has 0 atom stereocenters. The number of piperidine rings is 1. The van der Waals surface area contributed by atoms with E-state index in [0.29, 0.717) is 44.5 Å². The Kier molecular flexibility index (Phi) is 8.88. The monoisotopic (exact) mass is 506 g/mol. The quantitative estimate of drug-likeness (QED) is 0.375. The van der Waals surface area contributed by atoms with Gasteiger partial charge in [-0.3, -0.25) is 4.79 Å². The minimum absolute atomic E-state index is 0.0586. The minimum Gasteiger partial charge on any atom is -0.438 e. The summed E-state index contributed by atoms with van der Waals surface area (Å²) in [6.07, 6.45) is 2.70. The number of hydrogen-bond donors (Lipinski definition) is 1. The molecule has 1 aliphatic rings. The van der Waals surface area contributed by atoms with E-state index < -0.39 is 23.3 Å². The fourth-order valence-electron chi connectivity index (χ4n) is 4.75. The molecule has 1 N–H and O–H groups in total. The van der Waals surface area contributed by atoms with Crippen molar-refractivity contribution in [2.24, 2.45) is 0 Å². The minimum atomic E-state index is -0.911. The van der Waals surface area contributed by atoms with E-state index in [1.54, 1.807) is 4.90 Å². The standard InChI is InChI=1S/C30H32F2N2O3/c31-26-15-13-24(22-27(26)32)14-16-28(35)34-20-17-30(18-21-34,25-11-5-2-6-12-25)37-29(36)33-19-7-10-23-8-3-1-4-9-23/h1-6,8-9,11-13,15,22H,7,10,14,16-21H2,(H,33,36). The molecule has 3 aromatic carbocycles. The van der Waals surface area contributed by atoms with Crippen LogP contribution < -0.4 is 5.32 Å². The van der Waals surface area contributed by atoms with Crippen molar-refractivity contribution in [3.8, 4) is 0 Å². The van der Waals surface area contributed by atoms with Crippen molar-refractivity contribution < 1.29 is 23.1 Å². The van der Waals surface area contributed by atoms with Gasteiger partial charge in [0.05, 0.1) is 0 Å². The van der Waals surface area contributed by atoms with E-state index in [1.165, 1.54) is 11.6 Å². The fourth-order valence-corrected chi connectivity index (χ4v) is 4.75. The van der Waals surface area contributed by atoms with Crippen molar-refractivity contribution in [1.82, 2.24) is 10.2 Å². The predicted molar refractivity (Wildman–Crippen MR) is 138 cm³/mol. The number of nitrogens with one attached hydrogen (secondary N) is 1. The van der Waals surface area contributed by atoms with E-state index in [9.17, 15) is 18.4 Å². The lowest BCUT2D eigenvalue weighted by Gasteiger charge is -2.41. The normalized spacial score (nSPS) is 14.7. The highest BCUT2D eigenvalue weighted by Gasteiger charge is 2.40. The number of amides is 2. The Balaban J connectivity index is 1.31. The SMILES string of the molecule is O=C(NCCCc1ccccc1)OC1(c2ccccc2)CCN(C(=O)CCc2ccc(F)c(F)c2)CC1. The third-order valence-corrected chi connectivity index (χ3v) is 6.88. The number of carbonyl (C=O) groups excluding carboxylic acids is 2. The van der Waals surface area contributed by atoms with E-state index in [1.807, 2.05) is 48.5 Å². The third kappa shape index (κ3) is 7.15. The van der Waals surface area contributed by atoms with Gasteiger partial charge in [-0.05, 0) is 48.1 Å². The number of aryl methyl sites for hydroxylation is 2. The first kappa shape index (κ1) is 26.3. The topological polar surface area (TPSA) is 58.6 Å². The molecule has 0 aliphatic carbocycles. The molecule has 3 aromatic rings. The van der Waals surface area contributed by atoms with Crippen molar-refractivity contribution in [1.29, 1.82) is 0 Å². The summed E-state index contributed by atoms with van der Waals surface area (Å²) < 4.78 is 32.7. The Hall–Kier alpha value is -3.74. The second kappa shape index (κ2) is 12.5. The van der Waals surface area contributed by atoms with E-state index in [0.717, 1.165) is 30.5 Å². The molecule has 0 bridgehead atoms. The molecule has 0 unspecified atom stereocenters. The van der Waals surface area contributed by atoms with E-state index in [2.05, 4.69) is 17.4 Å². The maximum absolute atomic E-state index is 13.5. The van der Waals surface area contributed by atoms with E-state index in [4.69, 9.17) is 4.74 Å². The summed E-state index contributed by atoms with van der Waals surface area (Å²) in [6, 6.07) is 23.5. The predicted octanol–water partition coefficient (Wildman–Crippen LogP) is 5.77. The van der Waals surface area contributed by atoms with Gasteiger partial charge < -0.3 is 15.0 Å². The number of ether oxygens (including phenoxy) is 1. The van der Waals surface area contributed by atoms with Crippen LogP contribution in [0, 0.1) is 11.6 Å². The Morgan fingerprint density at radius 3 is 2.19 bits per heavy atom. The van der Waals surface area contributed by atoms with Crippen molar-refractivity contribution in [2.45, 2.75) is 44.1 Å². The molecule has 194 valence electrons. The Labute approximate surface area is 216 Å². The maximum Gasteiger partial charge on any atom is 0.408 e. The average molecular weight is 507 g/mol. The highest BCUT2D eigenvalue weighted by atomic mass is 19.2. The van der Waals surface area contributed by atoms with Gasteiger partial charge in [0.25, 0.3) is 0 Å². The first-order valence-electron chi connectivity index (χ1n) is 12.7. The summed E-state index contributed by atoms with van der Waals surface area (Å²) in [5.41, 5.74) is 1.89. The van der Waals surface area contributed by atoms with Gasteiger partial charge in [0.2, 0.25) is 5.91 Å². The van der Waals surface area contributed by atoms with Crippen LogP contribution in [0.5, 0.6) is 0 Å². The number of hydrogen-bond acceptors (Lipinski definition) is 3. The van der Waals surface area contributed by atoms with Gasteiger partial charge in [-0.15, -0.1) is 0 Å². The number of likely N-dealkylation sites (tertiary alicyclic amines) is 1. The van der Waals surface area contributed by atoms with Crippen LogP contribution >= 0.6 is 0 Å².